The second-order valence-electron chi connectivity index (χ2n) is 5.99. The lowest BCUT2D eigenvalue weighted by atomic mass is 9.83. The van der Waals surface area contributed by atoms with Crippen molar-refractivity contribution in [1.29, 1.82) is 0 Å². The van der Waals surface area contributed by atoms with E-state index in [1.807, 2.05) is 51.1 Å². The van der Waals surface area contributed by atoms with Crippen molar-refractivity contribution in [2.75, 3.05) is 6.61 Å². The molecule has 1 N–H and O–H groups in total. The van der Waals surface area contributed by atoms with Crippen LogP contribution >= 0.6 is 0 Å². The predicted octanol–water partition coefficient (Wildman–Crippen LogP) is 4.40. The Morgan fingerprint density at radius 1 is 1.13 bits per heavy atom. The van der Waals surface area contributed by atoms with Gasteiger partial charge in [0.25, 0.3) is 0 Å². The zero-order valence-electron chi connectivity index (χ0n) is 14.2. The summed E-state index contributed by atoms with van der Waals surface area (Å²) in [6.07, 6.45) is 0.639. The molecule has 23 heavy (non-hydrogen) atoms. The maximum absolute atomic E-state index is 11.1. The van der Waals surface area contributed by atoms with E-state index >= 15 is 0 Å². The van der Waals surface area contributed by atoms with Crippen molar-refractivity contribution in [2.24, 2.45) is 0 Å². The molecule has 0 amide bonds. The molecule has 0 aromatic heterocycles. The number of hydrogen-bond donors (Lipinski definition) is 1. The molecule has 0 saturated carbocycles. The van der Waals surface area contributed by atoms with Crippen molar-refractivity contribution in [3.63, 3.8) is 0 Å². The summed E-state index contributed by atoms with van der Waals surface area (Å²) in [7, 11) is 0. The van der Waals surface area contributed by atoms with Crippen LogP contribution in [-0.4, -0.2) is 17.7 Å². The van der Waals surface area contributed by atoms with Crippen LogP contribution in [-0.2, 0) is 9.53 Å². The third-order valence-corrected chi connectivity index (χ3v) is 4.32. The van der Waals surface area contributed by atoms with E-state index in [1.54, 1.807) is 0 Å². The molecule has 0 spiro atoms. The summed E-state index contributed by atoms with van der Waals surface area (Å²) >= 11 is 0. The van der Waals surface area contributed by atoms with Crippen LogP contribution in [0.3, 0.4) is 0 Å². The molecule has 3 nitrogen and oxygen atoms in total. The molecule has 0 unspecified atom stereocenters. The van der Waals surface area contributed by atoms with Crippen molar-refractivity contribution in [2.45, 2.75) is 40.0 Å². The first-order valence-corrected chi connectivity index (χ1v) is 7.89. The number of rotatable bonds is 5. The normalized spacial score (nSPS) is 12.0. The highest BCUT2D eigenvalue weighted by Gasteiger charge is 2.22. The Balaban J connectivity index is 2.46. The molecule has 3 heteroatoms. The van der Waals surface area contributed by atoms with Gasteiger partial charge in [0.1, 0.15) is 5.75 Å². The van der Waals surface area contributed by atoms with Crippen LogP contribution in [0.15, 0.2) is 36.4 Å². The molecule has 0 aliphatic heterocycles. The van der Waals surface area contributed by atoms with Crippen LogP contribution in [0.1, 0.15) is 47.1 Å². The van der Waals surface area contributed by atoms with E-state index in [9.17, 15) is 9.90 Å². The van der Waals surface area contributed by atoms with E-state index in [2.05, 4.69) is 6.07 Å². The maximum Gasteiger partial charge on any atom is 0.302 e. The van der Waals surface area contributed by atoms with Gasteiger partial charge in [-0.25, -0.2) is 0 Å². The van der Waals surface area contributed by atoms with Crippen molar-refractivity contribution < 1.29 is 14.6 Å². The molecule has 0 fully saturated rings. The van der Waals surface area contributed by atoms with Gasteiger partial charge in [0, 0.05) is 18.4 Å². The summed E-state index contributed by atoms with van der Waals surface area (Å²) in [5.74, 6) is 0.0619. The molecule has 1 atom stereocenters. The molecule has 2 rings (SSSR count). The lowest BCUT2D eigenvalue weighted by Crippen LogP contribution is -2.10. The summed E-state index contributed by atoms with van der Waals surface area (Å²) in [5.41, 5.74) is 5.07. The molecule has 0 aliphatic rings. The predicted molar refractivity (Wildman–Crippen MR) is 91.9 cm³/mol. The third kappa shape index (κ3) is 3.92. The fourth-order valence-corrected chi connectivity index (χ4v) is 3.01. The monoisotopic (exact) mass is 312 g/mol. The van der Waals surface area contributed by atoms with Gasteiger partial charge in [-0.05, 0) is 49.4 Å². The average molecular weight is 312 g/mol. The Morgan fingerprint density at radius 3 is 2.39 bits per heavy atom. The number of ether oxygens (including phenoxy) is 1. The number of esters is 1. The first kappa shape index (κ1) is 17.1. The van der Waals surface area contributed by atoms with Crippen LogP contribution in [0.4, 0.5) is 0 Å². The van der Waals surface area contributed by atoms with Gasteiger partial charge >= 0.3 is 5.97 Å². The average Bonchev–Trinajstić information content (AvgIpc) is 2.52. The van der Waals surface area contributed by atoms with Gasteiger partial charge in [-0.15, -0.1) is 0 Å². The number of aromatic hydroxyl groups is 1. The zero-order chi connectivity index (χ0) is 17.0. The largest absolute Gasteiger partial charge is 0.507 e. The van der Waals surface area contributed by atoms with E-state index in [0.717, 1.165) is 27.8 Å². The molecule has 0 radical (unpaired) electrons. The SMILES string of the molecule is CC(=O)OCC[C@H](c1ccccc1)c1c(C)cc(C)c(C)c1O. The molecular weight excluding hydrogens is 288 g/mol. The van der Waals surface area contributed by atoms with Crippen LogP contribution < -0.4 is 0 Å². The molecule has 0 saturated heterocycles. The number of carbonyl (C=O) groups is 1. The third-order valence-electron chi connectivity index (χ3n) is 4.32. The number of hydrogen-bond acceptors (Lipinski definition) is 3. The Bertz CT molecular complexity index is 690. The van der Waals surface area contributed by atoms with Crippen molar-refractivity contribution in [3.05, 3.63) is 64.2 Å². The van der Waals surface area contributed by atoms with Gasteiger partial charge in [-0.1, -0.05) is 36.4 Å². The highest BCUT2D eigenvalue weighted by atomic mass is 16.5. The summed E-state index contributed by atoms with van der Waals surface area (Å²) in [6, 6.07) is 12.1. The summed E-state index contributed by atoms with van der Waals surface area (Å²) in [4.78, 5) is 11.1. The summed E-state index contributed by atoms with van der Waals surface area (Å²) in [6.45, 7) is 7.70. The van der Waals surface area contributed by atoms with E-state index in [1.165, 1.54) is 6.92 Å². The minimum atomic E-state index is -0.280. The number of phenols is 1. The standard InChI is InChI=1S/C20H24O3/c1-13-12-14(2)19(20(22)15(13)3)18(10-11-23-16(4)21)17-8-6-5-7-9-17/h5-9,12,18,22H,10-11H2,1-4H3/t18-/m1/s1. The second kappa shape index (κ2) is 7.32. The molecule has 0 bridgehead atoms. The highest BCUT2D eigenvalue weighted by Crippen LogP contribution is 2.39. The van der Waals surface area contributed by atoms with Crippen LogP contribution in [0.2, 0.25) is 0 Å². The Labute approximate surface area is 137 Å². The van der Waals surface area contributed by atoms with Crippen LogP contribution in [0.5, 0.6) is 5.75 Å². The Kier molecular flexibility index (Phi) is 5.43. The number of benzene rings is 2. The Hall–Kier alpha value is -2.29. The number of aryl methyl sites for hydroxylation is 2. The summed E-state index contributed by atoms with van der Waals surface area (Å²) in [5, 5.41) is 10.7. The Morgan fingerprint density at radius 2 is 1.78 bits per heavy atom. The van der Waals surface area contributed by atoms with Gasteiger partial charge in [0.2, 0.25) is 0 Å². The first-order valence-electron chi connectivity index (χ1n) is 7.89. The van der Waals surface area contributed by atoms with Gasteiger partial charge in [-0.2, -0.15) is 0 Å². The van der Waals surface area contributed by atoms with Gasteiger partial charge in [0.05, 0.1) is 6.61 Å². The molecule has 122 valence electrons. The zero-order valence-corrected chi connectivity index (χ0v) is 14.2. The smallest absolute Gasteiger partial charge is 0.302 e. The van der Waals surface area contributed by atoms with E-state index < -0.39 is 0 Å². The number of phenolic OH excluding ortho intramolecular Hbond substituents is 1. The summed E-state index contributed by atoms with van der Waals surface area (Å²) < 4.78 is 5.13. The molecule has 2 aromatic carbocycles. The fraction of sp³-hybridized carbons (Fsp3) is 0.350. The second-order valence-corrected chi connectivity index (χ2v) is 5.99. The maximum atomic E-state index is 11.1. The minimum absolute atomic E-state index is 0.00477. The number of carbonyl (C=O) groups excluding carboxylic acids is 1. The highest BCUT2D eigenvalue weighted by molar-refractivity contribution is 5.65. The van der Waals surface area contributed by atoms with E-state index in [-0.39, 0.29) is 11.9 Å². The quantitative estimate of drug-likeness (QED) is 0.832. The van der Waals surface area contributed by atoms with Gasteiger partial charge in [-0.3, -0.25) is 4.79 Å². The van der Waals surface area contributed by atoms with Crippen LogP contribution in [0.25, 0.3) is 0 Å². The van der Waals surface area contributed by atoms with Gasteiger partial charge < -0.3 is 9.84 Å². The van der Waals surface area contributed by atoms with Gasteiger partial charge in [0.15, 0.2) is 0 Å². The van der Waals surface area contributed by atoms with E-state index in [4.69, 9.17) is 4.74 Å². The van der Waals surface area contributed by atoms with Crippen molar-refractivity contribution >= 4 is 5.97 Å². The molecule has 0 aliphatic carbocycles. The topological polar surface area (TPSA) is 46.5 Å². The van der Waals surface area contributed by atoms with Crippen LogP contribution in [0, 0.1) is 20.8 Å². The lowest BCUT2D eigenvalue weighted by molar-refractivity contribution is -0.141. The fourth-order valence-electron chi connectivity index (χ4n) is 3.01. The molecule has 0 heterocycles. The first-order chi connectivity index (χ1) is 10.9. The lowest BCUT2D eigenvalue weighted by Gasteiger charge is -2.23. The van der Waals surface area contributed by atoms with Crippen molar-refractivity contribution in [1.82, 2.24) is 0 Å². The van der Waals surface area contributed by atoms with E-state index in [0.29, 0.717) is 18.8 Å². The molecular formula is C20H24O3. The molecule has 2 aromatic rings. The van der Waals surface area contributed by atoms with Crippen molar-refractivity contribution in [3.8, 4) is 5.75 Å². The minimum Gasteiger partial charge on any atom is -0.507 e.